The van der Waals surface area contributed by atoms with E-state index in [1.54, 1.807) is 30.8 Å². The van der Waals surface area contributed by atoms with Gasteiger partial charge in [-0.3, -0.25) is 9.10 Å². The Morgan fingerprint density at radius 1 is 1.14 bits per heavy atom. The maximum Gasteiger partial charge on any atom is 0.243 e. The van der Waals surface area contributed by atoms with Crippen molar-refractivity contribution in [3.05, 3.63) is 59.1 Å². The average Bonchev–Trinajstić information content (AvgIpc) is 2.66. The Hall–Kier alpha value is -1.70. The van der Waals surface area contributed by atoms with Crippen LogP contribution in [0.15, 0.2) is 53.4 Å². The lowest BCUT2D eigenvalue weighted by atomic mass is 10.1. The summed E-state index contributed by atoms with van der Waals surface area (Å²) in [5, 5.41) is 3.50. The van der Waals surface area contributed by atoms with Crippen LogP contribution < -0.4 is 9.62 Å². The van der Waals surface area contributed by atoms with Crippen molar-refractivity contribution in [2.24, 2.45) is 0 Å². The fraction of sp³-hybridized carbons (Fsp3) is 0.350. The monoisotopic (exact) mass is 440 g/mol. The Bertz CT molecular complexity index is 885. The number of anilines is 1. The third-order valence-electron chi connectivity index (χ3n) is 4.17. The summed E-state index contributed by atoms with van der Waals surface area (Å²) >= 11 is 7.46. The first-order chi connectivity index (χ1) is 13.2. The molecule has 1 N–H and O–H groups in total. The van der Waals surface area contributed by atoms with E-state index in [1.165, 1.54) is 0 Å². The van der Waals surface area contributed by atoms with E-state index in [0.717, 1.165) is 27.4 Å². The van der Waals surface area contributed by atoms with Gasteiger partial charge in [0.2, 0.25) is 15.9 Å². The van der Waals surface area contributed by atoms with E-state index in [9.17, 15) is 13.2 Å². The van der Waals surface area contributed by atoms with Crippen LogP contribution in [0.25, 0.3) is 0 Å². The van der Waals surface area contributed by atoms with Crippen LogP contribution >= 0.6 is 23.4 Å². The van der Waals surface area contributed by atoms with Crippen LogP contribution in [0.3, 0.4) is 0 Å². The van der Waals surface area contributed by atoms with Gasteiger partial charge >= 0.3 is 0 Å². The molecule has 1 atom stereocenters. The van der Waals surface area contributed by atoms with Crippen molar-refractivity contribution < 1.29 is 13.2 Å². The van der Waals surface area contributed by atoms with Crippen molar-refractivity contribution in [2.75, 3.05) is 22.9 Å². The number of hydrogen-bond acceptors (Lipinski definition) is 4. The third kappa shape index (κ3) is 6.43. The number of amides is 1. The number of aryl methyl sites for hydroxylation is 1. The molecule has 0 saturated heterocycles. The lowest BCUT2D eigenvalue weighted by Gasteiger charge is -2.28. The lowest BCUT2D eigenvalue weighted by Crippen LogP contribution is -2.48. The van der Waals surface area contributed by atoms with E-state index >= 15 is 0 Å². The normalized spacial score (nSPS) is 12.4. The highest BCUT2D eigenvalue weighted by atomic mass is 35.5. The van der Waals surface area contributed by atoms with Gasteiger partial charge in [-0.1, -0.05) is 30.7 Å². The Morgan fingerprint density at radius 2 is 1.75 bits per heavy atom. The Labute approximate surface area is 176 Å². The number of rotatable bonds is 9. The highest BCUT2D eigenvalue weighted by Gasteiger charge is 2.28. The molecule has 0 radical (unpaired) electrons. The molecule has 1 amide bonds. The smallest absolute Gasteiger partial charge is 0.243 e. The number of carbonyl (C=O) groups excluding carboxylic acids is 1. The van der Waals surface area contributed by atoms with Crippen LogP contribution in [0.1, 0.15) is 19.4 Å². The van der Waals surface area contributed by atoms with Crippen molar-refractivity contribution in [3.8, 4) is 0 Å². The first kappa shape index (κ1) is 22.6. The van der Waals surface area contributed by atoms with Crippen molar-refractivity contribution in [1.82, 2.24) is 5.32 Å². The van der Waals surface area contributed by atoms with Gasteiger partial charge in [-0.15, -0.1) is 11.8 Å². The lowest BCUT2D eigenvalue weighted by molar-refractivity contribution is -0.121. The van der Waals surface area contributed by atoms with Crippen molar-refractivity contribution in [3.63, 3.8) is 0 Å². The zero-order valence-electron chi connectivity index (χ0n) is 16.2. The molecule has 0 aliphatic carbocycles. The molecule has 8 heteroatoms. The number of benzene rings is 2. The minimum absolute atomic E-state index is 0.332. The molecular formula is C20H25ClN2O3S2. The molecule has 2 aromatic rings. The number of nitrogens with one attached hydrogen (secondary N) is 1. The summed E-state index contributed by atoms with van der Waals surface area (Å²) in [5.41, 5.74) is 1.59. The Morgan fingerprint density at radius 3 is 2.29 bits per heavy atom. The molecule has 0 bridgehead atoms. The molecule has 0 heterocycles. The molecule has 0 unspecified atom stereocenters. The Balaban J connectivity index is 1.97. The minimum Gasteiger partial charge on any atom is -0.353 e. The van der Waals surface area contributed by atoms with Gasteiger partial charge in [-0.25, -0.2) is 8.42 Å². The van der Waals surface area contributed by atoms with E-state index in [1.807, 2.05) is 43.3 Å². The first-order valence-corrected chi connectivity index (χ1v) is 12.2. The average molecular weight is 441 g/mol. The maximum atomic E-state index is 12.5. The van der Waals surface area contributed by atoms with Crippen LogP contribution in [0, 0.1) is 0 Å². The number of sulfonamides is 1. The summed E-state index contributed by atoms with van der Waals surface area (Å²) in [7, 11) is -3.60. The van der Waals surface area contributed by atoms with Crippen LogP contribution in [-0.2, 0) is 21.2 Å². The van der Waals surface area contributed by atoms with Crippen LogP contribution in [-0.4, -0.2) is 38.9 Å². The molecule has 0 aliphatic heterocycles. The number of hydrogen-bond donors (Lipinski definition) is 1. The van der Waals surface area contributed by atoms with E-state index in [2.05, 4.69) is 5.32 Å². The molecule has 152 valence electrons. The van der Waals surface area contributed by atoms with E-state index in [0.29, 0.717) is 23.0 Å². The standard InChI is InChI=1S/C20H25ClN2O3S2/c1-4-16-5-9-18(10-6-16)23(28(3,25)26)15(2)20(24)22-13-14-27-19-11-7-17(21)8-12-19/h5-12,15H,4,13-14H2,1-3H3,(H,22,24)/t15-/m0/s1. The molecule has 0 spiro atoms. The van der Waals surface area contributed by atoms with Crippen LogP contribution in [0.5, 0.6) is 0 Å². The SMILES string of the molecule is CCc1ccc(N([C@@H](C)C(=O)NCCSc2ccc(Cl)cc2)S(C)(=O)=O)cc1. The molecule has 0 saturated carbocycles. The highest BCUT2D eigenvalue weighted by molar-refractivity contribution is 7.99. The predicted octanol–water partition coefficient (Wildman–Crippen LogP) is 3.97. The largest absolute Gasteiger partial charge is 0.353 e. The summed E-state index contributed by atoms with van der Waals surface area (Å²) in [4.78, 5) is 13.6. The van der Waals surface area contributed by atoms with Crippen molar-refractivity contribution in [1.29, 1.82) is 0 Å². The van der Waals surface area contributed by atoms with Crippen molar-refractivity contribution >= 4 is 45.0 Å². The zero-order chi connectivity index (χ0) is 20.7. The van der Waals surface area contributed by atoms with Gasteiger partial charge in [-0.05, 0) is 55.3 Å². The minimum atomic E-state index is -3.60. The van der Waals surface area contributed by atoms with Gasteiger partial charge < -0.3 is 5.32 Å². The molecule has 0 aliphatic rings. The number of halogens is 1. The fourth-order valence-corrected chi connectivity index (χ4v) is 4.78. The quantitative estimate of drug-likeness (QED) is 0.473. The maximum absolute atomic E-state index is 12.5. The van der Waals surface area contributed by atoms with Gasteiger partial charge in [-0.2, -0.15) is 0 Å². The van der Waals surface area contributed by atoms with E-state index in [4.69, 9.17) is 11.6 Å². The first-order valence-electron chi connectivity index (χ1n) is 8.96. The second-order valence-corrected chi connectivity index (χ2v) is 9.81. The van der Waals surface area contributed by atoms with E-state index in [-0.39, 0.29) is 5.91 Å². The predicted molar refractivity (Wildman–Crippen MR) is 118 cm³/mol. The molecule has 5 nitrogen and oxygen atoms in total. The topological polar surface area (TPSA) is 66.5 Å². The van der Waals surface area contributed by atoms with Gasteiger partial charge in [0.25, 0.3) is 0 Å². The summed E-state index contributed by atoms with van der Waals surface area (Å²) in [5.74, 6) is 0.339. The van der Waals surface area contributed by atoms with E-state index < -0.39 is 16.1 Å². The Kier molecular flexibility index (Phi) is 8.22. The molecular weight excluding hydrogens is 416 g/mol. The summed E-state index contributed by atoms with van der Waals surface area (Å²) in [6, 6.07) is 13.9. The molecule has 0 fully saturated rings. The third-order valence-corrected chi connectivity index (χ3v) is 6.68. The van der Waals surface area contributed by atoms with Crippen LogP contribution in [0.2, 0.25) is 5.02 Å². The molecule has 28 heavy (non-hydrogen) atoms. The highest BCUT2D eigenvalue weighted by Crippen LogP contribution is 2.22. The second-order valence-electron chi connectivity index (χ2n) is 6.35. The summed E-state index contributed by atoms with van der Waals surface area (Å²) in [6.45, 7) is 4.06. The number of carbonyl (C=O) groups is 1. The summed E-state index contributed by atoms with van der Waals surface area (Å²) in [6.07, 6.45) is 1.97. The summed E-state index contributed by atoms with van der Waals surface area (Å²) < 4.78 is 25.8. The number of nitrogens with zero attached hydrogens (tertiary/aromatic N) is 1. The number of thioether (sulfide) groups is 1. The van der Waals surface area contributed by atoms with Gasteiger partial charge in [0, 0.05) is 22.2 Å². The van der Waals surface area contributed by atoms with Gasteiger partial charge in [0.05, 0.1) is 11.9 Å². The van der Waals surface area contributed by atoms with Crippen molar-refractivity contribution in [2.45, 2.75) is 31.2 Å². The molecule has 2 aromatic carbocycles. The fourth-order valence-electron chi connectivity index (χ4n) is 2.71. The van der Waals surface area contributed by atoms with Crippen LogP contribution in [0.4, 0.5) is 5.69 Å². The van der Waals surface area contributed by atoms with Gasteiger partial charge in [0.1, 0.15) is 6.04 Å². The molecule has 0 aromatic heterocycles. The molecule has 2 rings (SSSR count). The second kappa shape index (κ2) is 10.2. The zero-order valence-corrected chi connectivity index (χ0v) is 18.6. The van der Waals surface area contributed by atoms with Gasteiger partial charge in [0.15, 0.2) is 0 Å².